The quantitative estimate of drug-likeness (QED) is 0.266. The van der Waals surface area contributed by atoms with Crippen LogP contribution in [0.5, 0.6) is 11.6 Å². The van der Waals surface area contributed by atoms with E-state index in [0.717, 1.165) is 37.0 Å². The number of benzene rings is 2. The van der Waals surface area contributed by atoms with Gasteiger partial charge in [0.05, 0.1) is 38.0 Å². The average molecular weight is 607 g/mol. The second-order valence-corrected chi connectivity index (χ2v) is 11.1. The van der Waals surface area contributed by atoms with Crippen LogP contribution in [0.1, 0.15) is 43.5 Å². The van der Waals surface area contributed by atoms with Crippen LogP contribution in [0.2, 0.25) is 0 Å². The molecule has 10 nitrogen and oxygen atoms in total. The van der Waals surface area contributed by atoms with Gasteiger partial charge in [0.2, 0.25) is 17.7 Å². The molecule has 0 spiro atoms. The van der Waals surface area contributed by atoms with Gasteiger partial charge in [0, 0.05) is 37.2 Å². The van der Waals surface area contributed by atoms with Crippen molar-refractivity contribution in [2.24, 2.45) is 11.8 Å². The smallest absolute Gasteiger partial charge is 0.296 e. The summed E-state index contributed by atoms with van der Waals surface area (Å²) >= 11 is 0. The highest BCUT2D eigenvalue weighted by molar-refractivity contribution is 5.79. The number of fused-ring (bicyclic) bond motifs is 1. The van der Waals surface area contributed by atoms with Crippen molar-refractivity contribution in [1.29, 1.82) is 0 Å². The van der Waals surface area contributed by atoms with Crippen molar-refractivity contribution in [2.45, 2.75) is 38.7 Å². The van der Waals surface area contributed by atoms with E-state index < -0.39 is 6.43 Å². The van der Waals surface area contributed by atoms with Gasteiger partial charge in [-0.15, -0.1) is 0 Å². The monoisotopic (exact) mass is 606 g/mol. The number of para-hydroxylation sites is 3. The summed E-state index contributed by atoms with van der Waals surface area (Å²) in [6.07, 6.45) is 0.401. The largest absolute Gasteiger partial charge is 0.496 e. The number of carbonyl (C=O) groups excluding carboxylic acids is 1. The maximum atomic E-state index is 14.1. The van der Waals surface area contributed by atoms with Crippen LogP contribution >= 0.6 is 0 Å². The highest BCUT2D eigenvalue weighted by Gasteiger charge is 2.28. The van der Waals surface area contributed by atoms with Crippen molar-refractivity contribution in [3.8, 4) is 17.4 Å². The third-order valence-electron chi connectivity index (χ3n) is 8.31. The van der Waals surface area contributed by atoms with Crippen LogP contribution in [0.25, 0.3) is 16.9 Å². The van der Waals surface area contributed by atoms with Gasteiger partial charge in [-0.05, 0) is 49.8 Å². The fourth-order valence-corrected chi connectivity index (χ4v) is 5.90. The molecule has 2 aromatic heterocycles. The van der Waals surface area contributed by atoms with Gasteiger partial charge < -0.3 is 24.4 Å². The number of ether oxygens (including phenoxy) is 3. The number of amides is 1. The lowest BCUT2D eigenvalue weighted by atomic mass is 9.82. The average Bonchev–Trinajstić information content (AvgIpc) is 3.47. The van der Waals surface area contributed by atoms with Crippen LogP contribution < -0.4 is 19.7 Å². The number of carbonyl (C=O) groups is 1. The van der Waals surface area contributed by atoms with Crippen molar-refractivity contribution < 1.29 is 27.8 Å². The van der Waals surface area contributed by atoms with Crippen molar-refractivity contribution in [3.05, 3.63) is 66.0 Å². The Bertz CT molecular complexity index is 1580. The van der Waals surface area contributed by atoms with Gasteiger partial charge in [-0.3, -0.25) is 9.36 Å². The zero-order valence-electron chi connectivity index (χ0n) is 24.6. The minimum atomic E-state index is -2.80. The molecular weight excluding hydrogens is 570 g/mol. The van der Waals surface area contributed by atoms with Crippen LogP contribution in [0, 0.1) is 11.8 Å². The van der Waals surface area contributed by atoms with Crippen LogP contribution in [0.15, 0.2) is 54.6 Å². The van der Waals surface area contributed by atoms with E-state index >= 15 is 0 Å². The molecule has 2 aromatic carbocycles. The molecule has 6 rings (SSSR count). The van der Waals surface area contributed by atoms with Gasteiger partial charge in [0.25, 0.3) is 6.43 Å². The zero-order chi connectivity index (χ0) is 30.5. The molecule has 44 heavy (non-hydrogen) atoms. The first-order valence-electron chi connectivity index (χ1n) is 15.0. The molecule has 0 bridgehead atoms. The molecule has 1 saturated carbocycles. The summed E-state index contributed by atoms with van der Waals surface area (Å²) in [4.78, 5) is 28.4. The number of morpholine rings is 1. The summed E-state index contributed by atoms with van der Waals surface area (Å²) in [7, 11) is 1.62. The van der Waals surface area contributed by atoms with Crippen molar-refractivity contribution in [3.63, 3.8) is 0 Å². The van der Waals surface area contributed by atoms with Gasteiger partial charge in [-0.1, -0.05) is 30.3 Å². The van der Waals surface area contributed by atoms with Gasteiger partial charge in [-0.2, -0.15) is 9.97 Å². The number of halogens is 2. The summed E-state index contributed by atoms with van der Waals surface area (Å²) in [5.74, 6) is 1.59. The summed E-state index contributed by atoms with van der Waals surface area (Å²) in [6.45, 7) is 3.04. The minimum Gasteiger partial charge on any atom is -0.496 e. The van der Waals surface area contributed by atoms with E-state index in [1.54, 1.807) is 37.4 Å². The Morgan fingerprint density at radius 2 is 1.77 bits per heavy atom. The molecule has 12 heteroatoms. The van der Waals surface area contributed by atoms with Crippen LogP contribution in [-0.4, -0.2) is 65.4 Å². The predicted molar refractivity (Wildman–Crippen MR) is 160 cm³/mol. The molecule has 0 atom stereocenters. The first kappa shape index (κ1) is 29.7. The number of methoxy groups -OCH3 is 1. The van der Waals surface area contributed by atoms with Crippen molar-refractivity contribution in [2.75, 3.05) is 44.9 Å². The molecule has 1 N–H and O–H groups in total. The van der Waals surface area contributed by atoms with E-state index in [1.165, 1.54) is 4.57 Å². The van der Waals surface area contributed by atoms with Gasteiger partial charge in [0.1, 0.15) is 11.6 Å². The zero-order valence-corrected chi connectivity index (χ0v) is 24.6. The van der Waals surface area contributed by atoms with E-state index in [4.69, 9.17) is 14.2 Å². The van der Waals surface area contributed by atoms with E-state index in [9.17, 15) is 13.6 Å². The molecule has 1 aliphatic heterocycles. The molecule has 2 fully saturated rings. The molecule has 4 aromatic rings. The molecule has 1 amide bonds. The van der Waals surface area contributed by atoms with Gasteiger partial charge in [-0.25, -0.2) is 13.8 Å². The van der Waals surface area contributed by atoms with Crippen molar-refractivity contribution in [1.82, 2.24) is 24.8 Å². The third kappa shape index (κ3) is 6.59. The maximum absolute atomic E-state index is 14.1. The lowest BCUT2D eigenvalue weighted by molar-refractivity contribution is -0.126. The number of rotatable bonds is 10. The van der Waals surface area contributed by atoms with Crippen molar-refractivity contribution >= 4 is 22.9 Å². The summed E-state index contributed by atoms with van der Waals surface area (Å²) < 4.78 is 46.7. The summed E-state index contributed by atoms with van der Waals surface area (Å²) in [6, 6.07) is 16.3. The predicted octanol–water partition coefficient (Wildman–Crippen LogP) is 5.10. The van der Waals surface area contributed by atoms with E-state index in [-0.39, 0.29) is 29.4 Å². The van der Waals surface area contributed by atoms with Crippen LogP contribution in [0.4, 0.5) is 14.7 Å². The topological polar surface area (TPSA) is 104 Å². The number of imidazole rings is 1. The number of anilines is 1. The lowest BCUT2D eigenvalue weighted by Gasteiger charge is -2.29. The van der Waals surface area contributed by atoms with Crippen LogP contribution in [0.3, 0.4) is 0 Å². The molecule has 2 aliphatic rings. The number of aromatic nitrogens is 4. The third-order valence-corrected chi connectivity index (χ3v) is 8.31. The van der Waals surface area contributed by atoms with E-state index in [0.29, 0.717) is 62.3 Å². The highest BCUT2D eigenvalue weighted by atomic mass is 19.3. The molecular formula is C32H36F2N6O4. The van der Waals surface area contributed by atoms with Gasteiger partial charge in [0.15, 0.2) is 5.82 Å². The highest BCUT2D eigenvalue weighted by Crippen LogP contribution is 2.32. The SMILES string of the molecule is COc1ccccc1CNC(=O)C1CCC(COc2cc(-n3c(C(F)F)nc4ccccc43)nc(N3CCOCC3)n2)CC1. The Kier molecular flexibility index (Phi) is 9.15. The fraction of sp³-hybridized carbons (Fsp3) is 0.438. The standard InChI is InChI=1S/C32H36F2N6O4/c1-42-26-9-5-2-6-23(26)19-35-31(41)22-12-10-21(11-13-22)20-44-28-18-27(37-32(38-28)39-14-16-43-17-15-39)40-25-8-4-3-7-24(25)36-30(40)29(33)34/h2-9,18,21-22,29H,10-17,19-20H2,1H3,(H,35,41). The molecule has 1 saturated heterocycles. The second kappa shape index (κ2) is 13.5. The molecule has 232 valence electrons. The molecule has 3 heterocycles. The Morgan fingerprint density at radius 3 is 2.55 bits per heavy atom. The Balaban J connectivity index is 1.14. The molecule has 0 radical (unpaired) electrons. The number of nitrogens with one attached hydrogen (secondary N) is 1. The van der Waals surface area contributed by atoms with E-state index in [1.807, 2.05) is 29.2 Å². The number of hydrogen-bond donors (Lipinski definition) is 1. The molecule has 0 unspecified atom stereocenters. The summed E-state index contributed by atoms with van der Waals surface area (Å²) in [5.41, 5.74) is 1.93. The fourth-order valence-electron chi connectivity index (χ4n) is 5.90. The first-order valence-corrected chi connectivity index (χ1v) is 15.0. The van der Waals surface area contributed by atoms with Crippen LogP contribution in [-0.2, 0) is 16.1 Å². The Hall–Kier alpha value is -4.32. The number of alkyl halides is 2. The summed E-state index contributed by atoms with van der Waals surface area (Å²) in [5, 5.41) is 3.06. The number of hydrogen-bond acceptors (Lipinski definition) is 8. The first-order chi connectivity index (χ1) is 21.5. The minimum absolute atomic E-state index is 0.0493. The molecule has 1 aliphatic carbocycles. The number of nitrogens with zero attached hydrogens (tertiary/aromatic N) is 5. The normalized spacial score (nSPS) is 18.9. The lowest BCUT2D eigenvalue weighted by Crippen LogP contribution is -2.37. The van der Waals surface area contributed by atoms with E-state index in [2.05, 4.69) is 20.3 Å². The van der Waals surface area contributed by atoms with Gasteiger partial charge >= 0.3 is 0 Å². The Morgan fingerprint density at radius 1 is 1.02 bits per heavy atom. The Labute approximate surface area is 254 Å². The second-order valence-electron chi connectivity index (χ2n) is 11.1. The maximum Gasteiger partial charge on any atom is 0.296 e.